The van der Waals surface area contributed by atoms with Gasteiger partial charge in [-0.3, -0.25) is 0 Å². The molecule has 2 nitrogen and oxygen atoms in total. The largest absolute Gasteiger partial charge is 0.373 e. The Balaban J connectivity index is 1.73. The van der Waals surface area contributed by atoms with E-state index in [0.717, 1.165) is 6.61 Å². The first-order chi connectivity index (χ1) is 5.29. The average Bonchev–Trinajstić information content (AvgIpc) is 2.70. The lowest BCUT2D eigenvalue weighted by Gasteiger charge is -2.08. The van der Waals surface area contributed by atoms with Crippen LogP contribution in [0.4, 0.5) is 0 Å². The van der Waals surface area contributed by atoms with E-state index in [-0.39, 0.29) is 0 Å². The van der Waals surface area contributed by atoms with Gasteiger partial charge in [0, 0.05) is 0 Å². The highest BCUT2D eigenvalue weighted by Gasteiger charge is 2.20. The number of hydrogen-bond donors (Lipinski definition) is 0. The predicted molar refractivity (Wildman–Crippen MR) is 49.4 cm³/mol. The maximum Gasteiger partial charge on any atom is 0.185 e. The second-order valence-corrected chi connectivity index (χ2v) is 3.61. The molecule has 0 bridgehead atoms. The summed E-state index contributed by atoms with van der Waals surface area (Å²) in [5, 5.41) is 0. The topological polar surface area (TPSA) is 15.8 Å². The molecular weight excluding hydrogens is 137 g/mol. The Labute approximate surface area is 70.3 Å². The summed E-state index contributed by atoms with van der Waals surface area (Å²) in [6, 6.07) is 0. The van der Waals surface area contributed by atoms with E-state index in [9.17, 15) is 0 Å². The van der Waals surface area contributed by atoms with Crippen molar-refractivity contribution in [1.29, 1.82) is 0 Å². The van der Waals surface area contributed by atoms with E-state index in [1.807, 2.05) is 0 Å². The second kappa shape index (κ2) is 4.78. The highest BCUT2D eigenvalue weighted by atomic mass is 16.6. The van der Waals surface area contributed by atoms with Crippen LogP contribution in [0.25, 0.3) is 0 Å². The third-order valence-electron chi connectivity index (χ3n) is 2.03. The van der Waals surface area contributed by atoms with Gasteiger partial charge in [-0.15, -0.1) is 0 Å². The number of unbranched alkanes of at least 4 members (excludes halogenated alkanes) is 2. The van der Waals surface area contributed by atoms with Gasteiger partial charge < -0.3 is 9.55 Å². The molecule has 0 aromatic rings. The van der Waals surface area contributed by atoms with Crippen LogP contribution in [-0.4, -0.2) is 39.1 Å². The van der Waals surface area contributed by atoms with Crippen LogP contribution in [-0.2, 0) is 4.74 Å². The molecule has 1 heterocycles. The van der Waals surface area contributed by atoms with Crippen LogP contribution in [0.3, 0.4) is 0 Å². The molecule has 0 spiro atoms. The summed E-state index contributed by atoms with van der Waals surface area (Å²) >= 11 is 0. The van der Waals surface area contributed by atoms with E-state index < -0.39 is 0 Å². The zero-order valence-corrected chi connectivity index (χ0v) is 7.68. The first kappa shape index (κ1) is 9.08. The summed E-state index contributed by atoms with van der Waals surface area (Å²) in [6.45, 7) is 2.25. The monoisotopic (exact) mass is 155 g/mol. The molecule has 1 fully saturated rings. The molecule has 1 unspecified atom stereocenters. The molecule has 0 aromatic carbocycles. The third kappa shape index (κ3) is 5.28. The van der Waals surface area contributed by atoms with E-state index in [2.05, 4.69) is 19.8 Å². The van der Waals surface area contributed by atoms with Crippen molar-refractivity contribution in [3.63, 3.8) is 0 Å². The van der Waals surface area contributed by atoms with Gasteiger partial charge in [0.05, 0.1) is 12.7 Å². The minimum atomic E-state index is 0.634. The number of rotatable bonds is 6. The van der Waals surface area contributed by atoms with Crippen LogP contribution < -0.4 is 0 Å². The SMILES string of the molecule is BN(C)CCCCCC1CO1. The van der Waals surface area contributed by atoms with Crippen molar-refractivity contribution in [1.82, 2.24) is 4.81 Å². The standard InChI is InChI=1S/C8H18BNO/c1-10(9)6-4-2-3-5-8-7-11-8/h8H,2-7,9H2,1H3. The first-order valence-electron chi connectivity index (χ1n) is 4.55. The van der Waals surface area contributed by atoms with Gasteiger partial charge in [0.25, 0.3) is 0 Å². The lowest BCUT2D eigenvalue weighted by atomic mass is 10.1. The average molecular weight is 155 g/mol. The summed E-state index contributed by atoms with van der Waals surface area (Å²) in [6.07, 6.45) is 5.96. The van der Waals surface area contributed by atoms with Crippen molar-refractivity contribution in [2.45, 2.75) is 31.8 Å². The number of epoxide rings is 1. The zero-order valence-electron chi connectivity index (χ0n) is 7.68. The normalized spacial score (nSPS) is 22.5. The lowest BCUT2D eigenvalue weighted by Crippen LogP contribution is -2.14. The molecule has 64 valence electrons. The maximum absolute atomic E-state index is 5.13. The van der Waals surface area contributed by atoms with Crippen LogP contribution >= 0.6 is 0 Å². The van der Waals surface area contributed by atoms with Crippen molar-refractivity contribution >= 4 is 7.98 Å². The fourth-order valence-electron chi connectivity index (χ4n) is 1.21. The molecular formula is C8H18BNO. The van der Waals surface area contributed by atoms with E-state index in [1.165, 1.54) is 32.2 Å². The Morgan fingerprint density at radius 2 is 2.18 bits per heavy atom. The highest BCUT2D eigenvalue weighted by Crippen LogP contribution is 2.16. The quantitative estimate of drug-likeness (QED) is 0.314. The number of hydrogen-bond acceptors (Lipinski definition) is 2. The molecule has 0 radical (unpaired) electrons. The van der Waals surface area contributed by atoms with E-state index >= 15 is 0 Å². The molecule has 0 aliphatic carbocycles. The zero-order chi connectivity index (χ0) is 8.10. The molecule has 1 aliphatic heterocycles. The summed E-state index contributed by atoms with van der Waals surface area (Å²) < 4.78 is 5.13. The van der Waals surface area contributed by atoms with E-state index in [0.29, 0.717) is 6.10 Å². The van der Waals surface area contributed by atoms with Crippen molar-refractivity contribution < 1.29 is 4.74 Å². The fraction of sp³-hybridized carbons (Fsp3) is 1.00. The molecule has 1 aliphatic rings. The second-order valence-electron chi connectivity index (χ2n) is 3.61. The van der Waals surface area contributed by atoms with Crippen LogP contribution in [0, 0.1) is 0 Å². The molecule has 0 N–H and O–H groups in total. The maximum atomic E-state index is 5.13. The van der Waals surface area contributed by atoms with Crippen LogP contribution in [0.5, 0.6) is 0 Å². The van der Waals surface area contributed by atoms with Gasteiger partial charge in [-0.2, -0.15) is 0 Å². The number of ether oxygens (including phenoxy) is 1. The van der Waals surface area contributed by atoms with Gasteiger partial charge in [-0.05, 0) is 26.4 Å². The lowest BCUT2D eigenvalue weighted by molar-refractivity contribution is 0.386. The molecule has 1 saturated heterocycles. The predicted octanol–water partition coefficient (Wildman–Crippen LogP) is 0.425. The van der Waals surface area contributed by atoms with Crippen LogP contribution in [0.1, 0.15) is 25.7 Å². The molecule has 3 heteroatoms. The Hall–Kier alpha value is -0.0151. The molecule has 1 rings (SSSR count). The summed E-state index contributed by atoms with van der Waals surface area (Å²) in [7, 11) is 4.26. The molecule has 1 atom stereocenters. The Bertz CT molecular complexity index is 100. The van der Waals surface area contributed by atoms with Gasteiger partial charge in [-0.25, -0.2) is 0 Å². The first-order valence-corrected chi connectivity index (χ1v) is 4.55. The van der Waals surface area contributed by atoms with Crippen molar-refractivity contribution in [2.24, 2.45) is 0 Å². The Morgan fingerprint density at radius 3 is 2.73 bits per heavy atom. The highest BCUT2D eigenvalue weighted by molar-refractivity contribution is 6.04. The van der Waals surface area contributed by atoms with Gasteiger partial charge >= 0.3 is 0 Å². The molecule has 0 amide bonds. The van der Waals surface area contributed by atoms with Crippen molar-refractivity contribution in [3.05, 3.63) is 0 Å². The smallest absolute Gasteiger partial charge is 0.185 e. The fourth-order valence-corrected chi connectivity index (χ4v) is 1.21. The molecule has 0 aromatic heterocycles. The summed E-state index contributed by atoms with van der Waals surface area (Å²) in [5.41, 5.74) is 0. The van der Waals surface area contributed by atoms with Crippen LogP contribution in [0.15, 0.2) is 0 Å². The third-order valence-corrected chi connectivity index (χ3v) is 2.03. The number of nitrogens with zero attached hydrogens (tertiary/aromatic N) is 1. The van der Waals surface area contributed by atoms with Crippen molar-refractivity contribution in [3.8, 4) is 0 Å². The van der Waals surface area contributed by atoms with Crippen LogP contribution in [0.2, 0.25) is 0 Å². The van der Waals surface area contributed by atoms with Gasteiger partial charge in [-0.1, -0.05) is 12.8 Å². The Morgan fingerprint density at radius 1 is 1.45 bits per heavy atom. The van der Waals surface area contributed by atoms with E-state index in [4.69, 9.17) is 4.74 Å². The Kier molecular flexibility index (Phi) is 3.94. The minimum absolute atomic E-state index is 0.634. The molecule has 0 saturated carbocycles. The summed E-state index contributed by atoms with van der Waals surface area (Å²) in [5.74, 6) is 0. The van der Waals surface area contributed by atoms with Gasteiger partial charge in [0.1, 0.15) is 0 Å². The van der Waals surface area contributed by atoms with Gasteiger partial charge in [0.15, 0.2) is 7.98 Å². The molecule has 11 heavy (non-hydrogen) atoms. The van der Waals surface area contributed by atoms with Crippen molar-refractivity contribution in [2.75, 3.05) is 20.2 Å². The van der Waals surface area contributed by atoms with Gasteiger partial charge in [0.2, 0.25) is 0 Å². The van der Waals surface area contributed by atoms with E-state index in [1.54, 1.807) is 0 Å². The summed E-state index contributed by atoms with van der Waals surface area (Å²) in [4.78, 5) is 2.24. The minimum Gasteiger partial charge on any atom is -0.373 e.